The molecule has 11 nitrogen and oxygen atoms in total. The number of hydrogen-bond acceptors (Lipinski definition) is 8. The van der Waals surface area contributed by atoms with Crippen LogP contribution < -0.4 is 27.1 Å². The van der Waals surface area contributed by atoms with Crippen LogP contribution >= 0.6 is 0 Å². The number of nitrogens with zero attached hydrogens (tertiary/aromatic N) is 2. The molecule has 0 aromatic heterocycles. The quantitative estimate of drug-likeness (QED) is 0.0949. The number of Topliss-reactive ketones (excluding diaryl/α,β-unsaturated/α-hetero) is 1. The van der Waals surface area contributed by atoms with E-state index in [0.717, 1.165) is 53.7 Å². The monoisotopic (exact) mass is 564 g/mol. The summed E-state index contributed by atoms with van der Waals surface area (Å²) in [7, 11) is 3.90. The minimum atomic E-state index is -2.37. The Morgan fingerprint density at radius 3 is 2.49 bits per heavy atom. The lowest BCUT2D eigenvalue weighted by atomic mass is 9.59. The van der Waals surface area contributed by atoms with Crippen LogP contribution in [-0.4, -0.2) is 58.7 Å². The molecule has 4 aliphatic rings. The summed E-state index contributed by atoms with van der Waals surface area (Å²) in [6.45, 7) is 6.28. The summed E-state index contributed by atoms with van der Waals surface area (Å²) in [6.07, 6.45) is 6.31. The first kappa shape index (κ1) is 28.5. The van der Waals surface area contributed by atoms with Gasteiger partial charge >= 0.3 is 0 Å². The standard InChI is InChI=1S/C30H40N6O5/c1-14-20(34-29(35-32)33-18-8-6-5-7-9-18)13-21(36(3)4)19-11-16-10-17-12-22(37)25(28(31)40)27(39)30(17,41)26(38)24(16)15(2)23(14)19/h13,16-18,37-38,41H,2,5-12,32H2,1,3-4H3,(H2,31,40)(H2,33,34,35)/t16-,17+,30+/m1/s1. The molecule has 0 bridgehead atoms. The zero-order chi connectivity index (χ0) is 29.8. The number of guanidine groups is 1. The van der Waals surface area contributed by atoms with Crippen molar-refractivity contribution in [3.63, 3.8) is 0 Å². The van der Waals surface area contributed by atoms with Crippen LogP contribution in [-0.2, 0) is 16.0 Å². The number of aliphatic hydroxyl groups is 3. The number of nitrogens with one attached hydrogen (secondary N) is 2. The number of hydrazone groups is 1. The normalized spacial score (nSPS) is 26.8. The van der Waals surface area contributed by atoms with Crippen LogP contribution in [0.5, 0.6) is 0 Å². The van der Waals surface area contributed by atoms with Crippen LogP contribution in [0.3, 0.4) is 0 Å². The van der Waals surface area contributed by atoms with Crippen LogP contribution in [0.1, 0.15) is 61.6 Å². The summed E-state index contributed by atoms with van der Waals surface area (Å²) < 4.78 is 0. The van der Waals surface area contributed by atoms with Crippen molar-refractivity contribution in [3.8, 4) is 0 Å². The van der Waals surface area contributed by atoms with E-state index in [4.69, 9.17) is 11.6 Å². The van der Waals surface area contributed by atoms with Crippen molar-refractivity contribution in [3.05, 3.63) is 52.0 Å². The Labute approximate surface area is 239 Å². The topological polar surface area (TPSA) is 187 Å². The summed E-state index contributed by atoms with van der Waals surface area (Å²) in [5.74, 6) is 1.93. The van der Waals surface area contributed by atoms with Gasteiger partial charge in [-0.25, -0.2) is 0 Å². The Balaban J connectivity index is 1.58. The van der Waals surface area contributed by atoms with Gasteiger partial charge in [0.25, 0.3) is 5.91 Å². The molecular formula is C30H40N6O5. The van der Waals surface area contributed by atoms with Crippen molar-refractivity contribution in [1.29, 1.82) is 0 Å². The van der Waals surface area contributed by atoms with Crippen LogP contribution in [0.4, 0.5) is 11.4 Å². The fourth-order valence-electron chi connectivity index (χ4n) is 7.25. The van der Waals surface area contributed by atoms with E-state index in [1.54, 1.807) is 0 Å². The molecule has 0 spiro atoms. The van der Waals surface area contributed by atoms with Gasteiger partial charge in [-0.15, -0.1) is 5.10 Å². The maximum atomic E-state index is 13.3. The van der Waals surface area contributed by atoms with E-state index in [0.29, 0.717) is 29.9 Å². The minimum absolute atomic E-state index is 0.148. The Bertz CT molecular complexity index is 1420. The number of allylic oxidation sites excluding steroid dienone is 3. The molecule has 3 atom stereocenters. The molecule has 1 aromatic carbocycles. The van der Waals surface area contributed by atoms with Gasteiger partial charge in [0.15, 0.2) is 5.60 Å². The number of carbonyl (C=O) groups excluding carboxylic acids is 2. The van der Waals surface area contributed by atoms with Crippen molar-refractivity contribution >= 4 is 34.6 Å². The van der Waals surface area contributed by atoms with Crippen molar-refractivity contribution in [1.82, 2.24) is 5.32 Å². The van der Waals surface area contributed by atoms with Crippen LogP contribution in [0.15, 0.2) is 40.4 Å². The lowest BCUT2D eigenvalue weighted by Crippen LogP contribution is -2.56. The number of carbonyl (C=O) groups is 2. The van der Waals surface area contributed by atoms with Gasteiger partial charge in [-0.05, 0) is 66.9 Å². The van der Waals surface area contributed by atoms with Gasteiger partial charge in [0.2, 0.25) is 11.7 Å². The lowest BCUT2D eigenvalue weighted by molar-refractivity contribution is -0.144. The molecule has 5 rings (SSSR count). The highest BCUT2D eigenvalue weighted by Crippen LogP contribution is 2.55. The Kier molecular flexibility index (Phi) is 7.27. The molecule has 11 heteroatoms. The number of fused-ring (bicyclic) bond motifs is 3. The van der Waals surface area contributed by atoms with E-state index in [9.17, 15) is 24.9 Å². The first-order valence-electron chi connectivity index (χ1n) is 14.2. The summed E-state index contributed by atoms with van der Waals surface area (Å²) >= 11 is 0. The van der Waals surface area contributed by atoms with Crippen LogP contribution in [0.25, 0.3) is 5.57 Å². The number of rotatable bonds is 4. The number of benzene rings is 1. The molecule has 9 N–H and O–H groups in total. The summed E-state index contributed by atoms with van der Waals surface area (Å²) in [5, 5.41) is 44.3. The number of hydrogen-bond donors (Lipinski definition) is 7. The average Bonchev–Trinajstić information content (AvgIpc) is 2.91. The maximum absolute atomic E-state index is 13.3. The van der Waals surface area contributed by atoms with E-state index < -0.39 is 40.3 Å². The Hall–Kier alpha value is -3.99. The molecule has 1 saturated carbocycles. The van der Waals surface area contributed by atoms with Crippen LogP contribution in [0.2, 0.25) is 0 Å². The molecule has 0 radical (unpaired) electrons. The summed E-state index contributed by atoms with van der Waals surface area (Å²) in [5.41, 5.74) is 7.54. The first-order valence-corrected chi connectivity index (χ1v) is 14.2. The highest BCUT2D eigenvalue weighted by Gasteiger charge is 2.59. The van der Waals surface area contributed by atoms with Gasteiger partial charge in [0.1, 0.15) is 17.1 Å². The predicted molar refractivity (Wildman–Crippen MR) is 158 cm³/mol. The molecule has 1 amide bonds. The van der Waals surface area contributed by atoms with Crippen LogP contribution in [0, 0.1) is 18.8 Å². The average molecular weight is 565 g/mol. The second-order valence-corrected chi connectivity index (χ2v) is 12.0. The largest absolute Gasteiger partial charge is 0.511 e. The molecule has 1 aromatic rings. The van der Waals surface area contributed by atoms with Gasteiger partial charge < -0.3 is 42.4 Å². The summed E-state index contributed by atoms with van der Waals surface area (Å²) in [4.78, 5) is 27.3. The molecule has 0 unspecified atom stereocenters. The Morgan fingerprint density at radius 1 is 1.20 bits per heavy atom. The summed E-state index contributed by atoms with van der Waals surface area (Å²) in [6, 6.07) is 2.33. The smallest absolute Gasteiger partial charge is 0.255 e. The number of primary amides is 1. The highest BCUT2D eigenvalue weighted by atomic mass is 16.3. The molecule has 4 aliphatic carbocycles. The van der Waals surface area contributed by atoms with Crippen molar-refractivity contribution in [2.75, 3.05) is 24.3 Å². The molecule has 41 heavy (non-hydrogen) atoms. The third-order valence-electron chi connectivity index (χ3n) is 9.29. The second kappa shape index (κ2) is 10.4. The second-order valence-electron chi connectivity index (χ2n) is 12.0. The third kappa shape index (κ3) is 4.52. The van der Waals surface area contributed by atoms with Gasteiger partial charge in [0, 0.05) is 49.4 Å². The predicted octanol–water partition coefficient (Wildman–Crippen LogP) is 2.64. The number of anilines is 2. The number of nitrogens with two attached hydrogens (primary N) is 2. The molecular weight excluding hydrogens is 524 g/mol. The van der Waals surface area contributed by atoms with Crippen molar-refractivity contribution in [2.45, 2.75) is 69.9 Å². The molecule has 0 heterocycles. The number of amides is 1. The number of ketones is 1. The van der Waals surface area contributed by atoms with Gasteiger partial charge in [-0.3, -0.25) is 9.59 Å². The SMILES string of the molecule is C=C1C2=C(O)[C@]3(O)C(=O)C(C(N)=O)=C(O)C[C@@H]3C[C@@H]2Cc2c(N(C)C)cc(NC(=NN)NC3CCCCC3)c(C)c21. The van der Waals surface area contributed by atoms with E-state index in [1.165, 1.54) is 6.42 Å². The van der Waals surface area contributed by atoms with Gasteiger partial charge in [-0.2, -0.15) is 0 Å². The molecule has 220 valence electrons. The van der Waals surface area contributed by atoms with Crippen molar-refractivity contribution in [2.24, 2.45) is 28.5 Å². The van der Waals surface area contributed by atoms with E-state index in [1.807, 2.05) is 32.0 Å². The minimum Gasteiger partial charge on any atom is -0.511 e. The third-order valence-corrected chi connectivity index (χ3v) is 9.29. The highest BCUT2D eigenvalue weighted by molar-refractivity contribution is 6.23. The zero-order valence-corrected chi connectivity index (χ0v) is 23.9. The first-order chi connectivity index (χ1) is 19.4. The molecule has 1 fully saturated rings. The zero-order valence-electron chi connectivity index (χ0n) is 23.9. The molecule has 0 aliphatic heterocycles. The lowest BCUT2D eigenvalue weighted by Gasteiger charge is -2.47. The van der Waals surface area contributed by atoms with Gasteiger partial charge in [0.05, 0.1) is 0 Å². The molecule has 0 saturated heterocycles. The van der Waals surface area contributed by atoms with E-state index in [2.05, 4.69) is 22.3 Å². The Morgan fingerprint density at radius 2 is 1.88 bits per heavy atom. The number of aliphatic hydroxyl groups excluding tert-OH is 2. The van der Waals surface area contributed by atoms with Gasteiger partial charge in [-0.1, -0.05) is 25.8 Å². The fourth-order valence-corrected chi connectivity index (χ4v) is 7.25. The van der Waals surface area contributed by atoms with E-state index >= 15 is 0 Å². The fraction of sp³-hybridized carbons (Fsp3) is 0.500. The maximum Gasteiger partial charge on any atom is 0.255 e. The van der Waals surface area contributed by atoms with Crippen molar-refractivity contribution < 1.29 is 24.9 Å². The van der Waals surface area contributed by atoms with E-state index in [-0.39, 0.29) is 18.4 Å².